The van der Waals surface area contributed by atoms with Crippen LogP contribution in [0.1, 0.15) is 0 Å². The summed E-state index contributed by atoms with van der Waals surface area (Å²) in [4.78, 5) is 10.8. The fourth-order valence-electron chi connectivity index (χ4n) is 2.13. The predicted octanol–water partition coefficient (Wildman–Crippen LogP) is 6.49. The Hall–Kier alpha value is -2.76. The second-order valence-electron chi connectivity index (χ2n) is 4.94. The van der Waals surface area contributed by atoms with Crippen LogP contribution in [0.3, 0.4) is 0 Å². The zero-order valence-electron chi connectivity index (χ0n) is 12.7. The fourth-order valence-corrected chi connectivity index (χ4v) is 2.61. The third-order valence-corrected chi connectivity index (χ3v) is 3.88. The summed E-state index contributed by atoms with van der Waals surface area (Å²) in [6.45, 7) is 0. The molecule has 0 atom stereocenters. The number of halogens is 2. The monoisotopic (exact) mass is 375 g/mol. The van der Waals surface area contributed by atoms with Crippen molar-refractivity contribution in [1.82, 2.24) is 0 Å². The minimum Gasteiger partial charge on any atom is -0.456 e. The summed E-state index contributed by atoms with van der Waals surface area (Å²) in [5.74, 6) is 0.895. The molecular formula is C18H11Cl2NO4. The first-order valence-electron chi connectivity index (χ1n) is 7.18. The van der Waals surface area contributed by atoms with Gasteiger partial charge in [0.05, 0.1) is 4.92 Å². The molecule has 0 aliphatic rings. The van der Waals surface area contributed by atoms with Crippen LogP contribution in [-0.4, -0.2) is 4.92 Å². The highest BCUT2D eigenvalue weighted by Crippen LogP contribution is 2.48. The van der Waals surface area contributed by atoms with E-state index >= 15 is 0 Å². The average Bonchev–Trinajstić information content (AvgIpc) is 2.60. The van der Waals surface area contributed by atoms with E-state index in [1.165, 1.54) is 6.07 Å². The molecule has 0 saturated heterocycles. The van der Waals surface area contributed by atoms with E-state index < -0.39 is 10.6 Å². The maximum Gasteiger partial charge on any atom is 0.331 e. The summed E-state index contributed by atoms with van der Waals surface area (Å²) in [6, 6.07) is 18.7. The van der Waals surface area contributed by atoms with E-state index in [1.807, 2.05) is 6.07 Å². The Morgan fingerprint density at radius 3 is 1.88 bits per heavy atom. The van der Waals surface area contributed by atoms with Crippen LogP contribution >= 0.6 is 23.2 Å². The predicted molar refractivity (Wildman–Crippen MR) is 96.1 cm³/mol. The molecule has 0 unspecified atom stereocenters. The molecule has 0 aliphatic heterocycles. The smallest absolute Gasteiger partial charge is 0.331 e. The molecule has 7 heteroatoms. The average molecular weight is 376 g/mol. The first-order chi connectivity index (χ1) is 12.1. The quantitative estimate of drug-likeness (QED) is 0.377. The summed E-state index contributed by atoms with van der Waals surface area (Å²) in [7, 11) is 0. The van der Waals surface area contributed by atoms with Crippen LogP contribution in [0.2, 0.25) is 10.0 Å². The lowest BCUT2D eigenvalue weighted by Gasteiger charge is -2.13. The molecule has 3 rings (SSSR count). The fraction of sp³-hybridized carbons (Fsp3) is 0. The Labute approximate surface area is 153 Å². The van der Waals surface area contributed by atoms with Crippen molar-refractivity contribution >= 4 is 28.9 Å². The van der Waals surface area contributed by atoms with Gasteiger partial charge in [0.2, 0.25) is 5.75 Å². The Kier molecular flexibility index (Phi) is 5.07. The number of hydrogen-bond donors (Lipinski definition) is 0. The van der Waals surface area contributed by atoms with Crippen molar-refractivity contribution in [2.75, 3.05) is 0 Å². The van der Waals surface area contributed by atoms with Gasteiger partial charge in [0.1, 0.15) is 21.5 Å². The lowest BCUT2D eigenvalue weighted by atomic mass is 10.2. The van der Waals surface area contributed by atoms with Crippen LogP contribution in [-0.2, 0) is 0 Å². The minimum atomic E-state index is -0.640. The van der Waals surface area contributed by atoms with Gasteiger partial charge in [0.25, 0.3) is 0 Å². The van der Waals surface area contributed by atoms with Gasteiger partial charge in [-0.3, -0.25) is 10.1 Å². The van der Waals surface area contributed by atoms with Gasteiger partial charge in [0.15, 0.2) is 5.75 Å². The molecule has 0 aliphatic carbocycles. The topological polar surface area (TPSA) is 61.6 Å². The van der Waals surface area contributed by atoms with E-state index in [0.29, 0.717) is 11.5 Å². The van der Waals surface area contributed by atoms with Gasteiger partial charge < -0.3 is 9.47 Å². The van der Waals surface area contributed by atoms with Crippen molar-refractivity contribution in [2.24, 2.45) is 0 Å². The molecule has 0 bridgehead atoms. The van der Waals surface area contributed by atoms with E-state index in [1.54, 1.807) is 54.6 Å². The number of benzene rings is 3. The summed E-state index contributed by atoms with van der Waals surface area (Å²) in [5, 5.41) is 11.2. The third-order valence-electron chi connectivity index (χ3n) is 3.23. The van der Waals surface area contributed by atoms with Crippen molar-refractivity contribution < 1.29 is 14.4 Å². The number of para-hydroxylation sites is 2. The molecule has 3 aromatic rings. The first kappa shape index (κ1) is 17.1. The Morgan fingerprint density at radius 2 is 1.36 bits per heavy atom. The molecule has 25 heavy (non-hydrogen) atoms. The molecule has 5 nitrogen and oxygen atoms in total. The molecule has 0 fully saturated rings. The molecule has 0 saturated carbocycles. The van der Waals surface area contributed by atoms with E-state index in [-0.39, 0.29) is 21.5 Å². The van der Waals surface area contributed by atoms with Gasteiger partial charge in [-0.25, -0.2) is 0 Å². The number of nitrogens with zero attached hydrogens (tertiary/aromatic N) is 1. The highest BCUT2D eigenvalue weighted by molar-refractivity contribution is 6.37. The maximum absolute atomic E-state index is 11.4. The maximum atomic E-state index is 11.4. The second kappa shape index (κ2) is 7.42. The number of hydrogen-bond acceptors (Lipinski definition) is 4. The molecule has 0 N–H and O–H groups in total. The zero-order chi connectivity index (χ0) is 17.8. The van der Waals surface area contributed by atoms with E-state index in [4.69, 9.17) is 32.7 Å². The van der Waals surface area contributed by atoms with Crippen LogP contribution in [0.4, 0.5) is 5.69 Å². The Bertz CT molecular complexity index is 902. The summed E-state index contributed by atoms with van der Waals surface area (Å²) < 4.78 is 11.3. The van der Waals surface area contributed by atoms with Crippen molar-refractivity contribution in [2.45, 2.75) is 0 Å². The lowest BCUT2D eigenvalue weighted by Crippen LogP contribution is -1.97. The molecule has 0 radical (unpaired) electrons. The van der Waals surface area contributed by atoms with Crippen molar-refractivity contribution in [3.05, 3.63) is 86.9 Å². The van der Waals surface area contributed by atoms with Crippen LogP contribution in [0, 0.1) is 10.1 Å². The van der Waals surface area contributed by atoms with Crippen molar-refractivity contribution in [1.29, 1.82) is 0 Å². The number of nitro groups is 1. The number of nitro benzene ring substituents is 1. The third kappa shape index (κ3) is 3.84. The van der Waals surface area contributed by atoms with Gasteiger partial charge in [-0.2, -0.15) is 0 Å². The highest BCUT2D eigenvalue weighted by atomic mass is 35.5. The molecule has 0 aromatic heterocycles. The molecule has 0 amide bonds. The van der Waals surface area contributed by atoms with Crippen molar-refractivity contribution in [3.63, 3.8) is 0 Å². The summed E-state index contributed by atoms with van der Waals surface area (Å²) in [6.07, 6.45) is 0. The second-order valence-corrected chi connectivity index (χ2v) is 5.72. The van der Waals surface area contributed by atoms with E-state index in [0.717, 1.165) is 0 Å². The van der Waals surface area contributed by atoms with Gasteiger partial charge in [-0.1, -0.05) is 59.6 Å². The Balaban J connectivity index is 2.08. The lowest BCUT2D eigenvalue weighted by molar-refractivity contribution is -0.385. The van der Waals surface area contributed by atoms with Gasteiger partial charge >= 0.3 is 5.69 Å². The zero-order valence-corrected chi connectivity index (χ0v) is 14.2. The van der Waals surface area contributed by atoms with Crippen molar-refractivity contribution in [3.8, 4) is 23.0 Å². The van der Waals surface area contributed by atoms with Crippen LogP contribution in [0.25, 0.3) is 0 Å². The number of ether oxygens (including phenoxy) is 2. The van der Waals surface area contributed by atoms with Gasteiger partial charge in [-0.05, 0) is 24.3 Å². The summed E-state index contributed by atoms with van der Waals surface area (Å²) in [5.41, 5.74) is -0.420. The summed E-state index contributed by atoms with van der Waals surface area (Å²) >= 11 is 12.4. The molecule has 126 valence electrons. The first-order valence-corrected chi connectivity index (χ1v) is 7.94. The molecular weight excluding hydrogens is 365 g/mol. The highest BCUT2D eigenvalue weighted by Gasteiger charge is 2.28. The minimum absolute atomic E-state index is 0.0381. The number of rotatable bonds is 5. The van der Waals surface area contributed by atoms with Crippen LogP contribution < -0.4 is 9.47 Å². The molecule has 0 heterocycles. The molecule has 3 aromatic carbocycles. The standard InChI is InChI=1S/C18H11Cl2NO4/c19-14-11-15(24-12-7-3-1-4-8-12)16(20)18(17(14)21(22)23)25-13-9-5-2-6-10-13/h1-11H. The SMILES string of the molecule is O=[N+]([O-])c1c(Cl)cc(Oc2ccccc2)c(Cl)c1Oc1ccccc1. The van der Waals surface area contributed by atoms with E-state index in [2.05, 4.69) is 0 Å². The normalized spacial score (nSPS) is 10.3. The van der Waals surface area contributed by atoms with Crippen LogP contribution in [0.15, 0.2) is 66.7 Å². The molecule has 0 spiro atoms. The van der Waals surface area contributed by atoms with Gasteiger partial charge in [-0.15, -0.1) is 0 Å². The Morgan fingerprint density at radius 1 is 0.840 bits per heavy atom. The van der Waals surface area contributed by atoms with Gasteiger partial charge in [0, 0.05) is 6.07 Å². The largest absolute Gasteiger partial charge is 0.456 e. The van der Waals surface area contributed by atoms with Crippen LogP contribution in [0.5, 0.6) is 23.0 Å². The van der Waals surface area contributed by atoms with E-state index in [9.17, 15) is 10.1 Å².